The number of carbonyl (C=O) groups excluding carboxylic acids is 3. The Balaban J connectivity index is 2.46. The summed E-state index contributed by atoms with van der Waals surface area (Å²) in [7, 11) is 0. The molecule has 0 bridgehead atoms. The number of likely N-dealkylation sites (tertiary alicyclic amines) is 1. The van der Waals surface area contributed by atoms with Crippen molar-refractivity contribution >= 4 is 17.7 Å². The molecule has 2 unspecified atom stereocenters. The summed E-state index contributed by atoms with van der Waals surface area (Å²) in [5, 5.41) is 2.85. The number of imide groups is 1. The summed E-state index contributed by atoms with van der Waals surface area (Å²) < 4.78 is 0. The average molecular weight is 382 g/mol. The second kappa shape index (κ2) is 9.67. The van der Waals surface area contributed by atoms with Crippen LogP contribution in [0.2, 0.25) is 0 Å². The molecule has 0 aromatic heterocycles. The molecule has 27 heavy (non-hydrogen) atoms. The van der Waals surface area contributed by atoms with Crippen molar-refractivity contribution in [1.82, 2.24) is 10.2 Å². The lowest BCUT2D eigenvalue weighted by molar-refractivity contribution is -0.147. The molecule has 6 heteroatoms. The second-order valence-corrected chi connectivity index (χ2v) is 9.99. The van der Waals surface area contributed by atoms with Crippen molar-refractivity contribution in [2.24, 2.45) is 22.5 Å². The summed E-state index contributed by atoms with van der Waals surface area (Å²) in [5.74, 6) is -1.30. The number of carbonyl (C=O) groups is 3. The molecule has 1 aliphatic rings. The van der Waals surface area contributed by atoms with E-state index in [1.807, 2.05) is 20.8 Å². The third-order valence-corrected chi connectivity index (χ3v) is 5.22. The highest BCUT2D eigenvalue weighted by molar-refractivity contribution is 6.07. The average Bonchev–Trinajstić information content (AvgIpc) is 2.82. The first-order chi connectivity index (χ1) is 12.4. The highest BCUT2D eigenvalue weighted by atomic mass is 16.2. The molecule has 1 heterocycles. The first kappa shape index (κ1) is 23.6. The van der Waals surface area contributed by atoms with Gasteiger partial charge in [0, 0.05) is 19.5 Å². The van der Waals surface area contributed by atoms with E-state index in [9.17, 15) is 14.4 Å². The Labute approximate surface area is 164 Å². The number of nitrogens with two attached hydrogens (primary N) is 1. The summed E-state index contributed by atoms with van der Waals surface area (Å²) in [6, 6.07) is -0.904. The van der Waals surface area contributed by atoms with Crippen LogP contribution in [0.5, 0.6) is 0 Å². The van der Waals surface area contributed by atoms with Crippen molar-refractivity contribution in [3.63, 3.8) is 0 Å². The van der Waals surface area contributed by atoms with Crippen molar-refractivity contribution in [2.75, 3.05) is 13.1 Å². The zero-order chi connectivity index (χ0) is 20.8. The molecule has 1 aliphatic heterocycles. The smallest absolute Gasteiger partial charge is 0.244 e. The minimum Gasteiger partial charge on any atom is -0.354 e. The number of hydrogen-bond acceptors (Lipinski definition) is 4. The van der Waals surface area contributed by atoms with E-state index in [1.54, 1.807) is 0 Å². The number of hydrogen-bond donors (Lipinski definition) is 2. The van der Waals surface area contributed by atoms with Crippen LogP contribution in [-0.4, -0.2) is 41.8 Å². The van der Waals surface area contributed by atoms with Gasteiger partial charge < -0.3 is 11.1 Å². The maximum absolute atomic E-state index is 12.7. The zero-order valence-electron chi connectivity index (χ0n) is 18.1. The summed E-state index contributed by atoms with van der Waals surface area (Å²) in [5.41, 5.74) is 5.78. The topological polar surface area (TPSA) is 92.5 Å². The van der Waals surface area contributed by atoms with E-state index in [4.69, 9.17) is 5.73 Å². The third kappa shape index (κ3) is 7.24. The van der Waals surface area contributed by atoms with Gasteiger partial charge in [0.05, 0.1) is 5.92 Å². The molecular weight excluding hydrogens is 342 g/mol. The fourth-order valence-electron chi connectivity index (χ4n) is 3.45. The number of unbranched alkanes of at least 4 members (excludes halogenated alkanes) is 3. The molecule has 2 atom stereocenters. The Bertz CT molecular complexity index is 532. The lowest BCUT2D eigenvalue weighted by atomic mass is 9.80. The predicted octanol–water partition coefficient (Wildman–Crippen LogP) is 2.85. The number of rotatable bonds is 9. The van der Waals surface area contributed by atoms with Crippen LogP contribution >= 0.6 is 0 Å². The van der Waals surface area contributed by atoms with Crippen LogP contribution in [0.3, 0.4) is 0 Å². The number of amides is 3. The van der Waals surface area contributed by atoms with E-state index in [0.717, 1.165) is 24.2 Å². The van der Waals surface area contributed by atoms with Gasteiger partial charge in [0.2, 0.25) is 17.7 Å². The van der Waals surface area contributed by atoms with Gasteiger partial charge in [-0.3, -0.25) is 19.3 Å². The minimum absolute atomic E-state index is 0.0498. The van der Waals surface area contributed by atoms with Gasteiger partial charge in [-0.2, -0.15) is 0 Å². The maximum Gasteiger partial charge on any atom is 0.244 e. The maximum atomic E-state index is 12.7. The summed E-state index contributed by atoms with van der Waals surface area (Å²) in [4.78, 5) is 38.6. The largest absolute Gasteiger partial charge is 0.354 e. The lowest BCUT2D eigenvalue weighted by Crippen LogP contribution is -2.53. The van der Waals surface area contributed by atoms with Crippen LogP contribution in [0.1, 0.15) is 80.1 Å². The second-order valence-electron chi connectivity index (χ2n) is 9.99. The molecule has 0 aromatic rings. The lowest BCUT2D eigenvalue weighted by Gasteiger charge is -2.28. The number of nitrogens with zero attached hydrogens (tertiary/aromatic N) is 1. The molecule has 156 valence electrons. The summed E-state index contributed by atoms with van der Waals surface area (Å²) >= 11 is 0. The molecule has 1 saturated heterocycles. The van der Waals surface area contributed by atoms with E-state index in [-0.39, 0.29) is 36.1 Å². The fourth-order valence-corrected chi connectivity index (χ4v) is 3.45. The van der Waals surface area contributed by atoms with Gasteiger partial charge in [-0.25, -0.2) is 0 Å². The van der Waals surface area contributed by atoms with Crippen molar-refractivity contribution < 1.29 is 14.4 Å². The van der Waals surface area contributed by atoms with E-state index in [2.05, 4.69) is 26.1 Å². The van der Waals surface area contributed by atoms with Gasteiger partial charge in [0.25, 0.3) is 0 Å². The van der Waals surface area contributed by atoms with Crippen LogP contribution in [0, 0.1) is 16.7 Å². The third-order valence-electron chi connectivity index (χ3n) is 5.22. The van der Waals surface area contributed by atoms with Crippen molar-refractivity contribution in [1.29, 1.82) is 0 Å². The molecule has 0 aromatic carbocycles. The normalized spacial score (nSPS) is 19.5. The SMILES string of the molecule is CC(C)(C)CCCCCCNC(=O)C(CN)N1C(=O)CC(C(C)(C)C)C1=O. The van der Waals surface area contributed by atoms with Crippen LogP contribution in [0.15, 0.2) is 0 Å². The van der Waals surface area contributed by atoms with Crippen LogP contribution in [0.4, 0.5) is 0 Å². The van der Waals surface area contributed by atoms with Crippen LogP contribution in [0.25, 0.3) is 0 Å². The molecule has 0 radical (unpaired) electrons. The quantitative estimate of drug-likeness (QED) is 0.474. The van der Waals surface area contributed by atoms with E-state index in [1.165, 1.54) is 12.8 Å². The Morgan fingerprint density at radius 1 is 1.11 bits per heavy atom. The van der Waals surface area contributed by atoms with E-state index < -0.39 is 12.0 Å². The molecule has 3 N–H and O–H groups in total. The van der Waals surface area contributed by atoms with Crippen molar-refractivity contribution in [3.05, 3.63) is 0 Å². The van der Waals surface area contributed by atoms with Crippen LogP contribution < -0.4 is 11.1 Å². The molecule has 3 amide bonds. The van der Waals surface area contributed by atoms with Gasteiger partial charge in [-0.15, -0.1) is 0 Å². The molecule has 1 fully saturated rings. The van der Waals surface area contributed by atoms with E-state index in [0.29, 0.717) is 12.0 Å². The van der Waals surface area contributed by atoms with Gasteiger partial charge in [0.1, 0.15) is 6.04 Å². The van der Waals surface area contributed by atoms with Gasteiger partial charge in [0.15, 0.2) is 0 Å². The molecule has 6 nitrogen and oxygen atoms in total. The first-order valence-corrected chi connectivity index (χ1v) is 10.2. The minimum atomic E-state index is -0.904. The summed E-state index contributed by atoms with van der Waals surface area (Å²) in [6.45, 7) is 13.0. The van der Waals surface area contributed by atoms with Crippen molar-refractivity contribution in [3.8, 4) is 0 Å². The predicted molar refractivity (Wildman–Crippen MR) is 108 cm³/mol. The van der Waals surface area contributed by atoms with Gasteiger partial charge in [-0.05, 0) is 23.7 Å². The standard InChI is InChI=1S/C21H39N3O3/c1-20(2,3)11-9-7-8-10-12-23-18(26)16(14-22)24-17(25)13-15(19(24)27)21(4,5)6/h15-16H,7-14,22H2,1-6H3,(H,23,26). The molecular formula is C21H39N3O3. The van der Waals surface area contributed by atoms with Gasteiger partial charge >= 0.3 is 0 Å². The van der Waals surface area contributed by atoms with Crippen LogP contribution in [-0.2, 0) is 14.4 Å². The van der Waals surface area contributed by atoms with E-state index >= 15 is 0 Å². The Kier molecular flexibility index (Phi) is 8.46. The zero-order valence-corrected chi connectivity index (χ0v) is 18.1. The molecule has 1 rings (SSSR count). The first-order valence-electron chi connectivity index (χ1n) is 10.2. The molecule has 0 saturated carbocycles. The number of nitrogens with one attached hydrogen (secondary N) is 1. The Hall–Kier alpha value is -1.43. The fraction of sp³-hybridized carbons (Fsp3) is 0.857. The Morgan fingerprint density at radius 3 is 2.19 bits per heavy atom. The Morgan fingerprint density at radius 2 is 1.70 bits per heavy atom. The summed E-state index contributed by atoms with van der Waals surface area (Å²) in [6.07, 6.45) is 5.62. The highest BCUT2D eigenvalue weighted by Crippen LogP contribution is 2.36. The van der Waals surface area contributed by atoms with Crippen molar-refractivity contribution in [2.45, 2.75) is 86.1 Å². The monoisotopic (exact) mass is 381 g/mol. The highest BCUT2D eigenvalue weighted by Gasteiger charge is 2.48. The molecule has 0 aliphatic carbocycles. The molecule has 0 spiro atoms. The van der Waals surface area contributed by atoms with Gasteiger partial charge in [-0.1, -0.05) is 60.8 Å².